The molecule has 0 radical (unpaired) electrons. The van der Waals surface area contributed by atoms with Gasteiger partial charge < -0.3 is 16.4 Å². The van der Waals surface area contributed by atoms with E-state index in [4.69, 9.17) is 5.73 Å². The van der Waals surface area contributed by atoms with Crippen LogP contribution in [0.5, 0.6) is 0 Å². The van der Waals surface area contributed by atoms with E-state index in [0.717, 1.165) is 25.1 Å². The Labute approximate surface area is 107 Å². The smallest absolute Gasteiger partial charge is 0.252 e. The molecule has 1 aromatic heterocycles. The molecule has 1 fully saturated rings. The highest BCUT2D eigenvalue weighted by molar-refractivity contribution is 5.98. The van der Waals surface area contributed by atoms with Crippen LogP contribution in [0.15, 0.2) is 12.3 Å². The maximum atomic E-state index is 11.4. The van der Waals surface area contributed by atoms with Crippen LogP contribution < -0.4 is 16.4 Å². The maximum Gasteiger partial charge on any atom is 0.252 e. The molecule has 5 nitrogen and oxygen atoms in total. The zero-order chi connectivity index (χ0) is 13.0. The minimum atomic E-state index is -0.431. The van der Waals surface area contributed by atoms with Crippen LogP contribution in [0.3, 0.4) is 0 Å². The first kappa shape index (κ1) is 12.8. The highest BCUT2D eigenvalue weighted by Gasteiger charge is 2.15. The second kappa shape index (κ2) is 5.82. The van der Waals surface area contributed by atoms with Crippen LogP contribution >= 0.6 is 0 Å². The fourth-order valence-corrected chi connectivity index (χ4v) is 2.32. The first-order valence-corrected chi connectivity index (χ1v) is 6.41. The van der Waals surface area contributed by atoms with Gasteiger partial charge in [-0.3, -0.25) is 4.79 Å². The van der Waals surface area contributed by atoms with E-state index in [2.05, 4.69) is 15.6 Å². The number of aryl methyl sites for hydroxylation is 1. The Hall–Kier alpha value is -1.62. The van der Waals surface area contributed by atoms with Gasteiger partial charge in [-0.1, -0.05) is 6.42 Å². The van der Waals surface area contributed by atoms with Gasteiger partial charge in [0.15, 0.2) is 0 Å². The van der Waals surface area contributed by atoms with Crippen LogP contribution in [0.4, 0.5) is 5.82 Å². The summed E-state index contributed by atoms with van der Waals surface area (Å²) in [6.45, 7) is 3.71. The van der Waals surface area contributed by atoms with E-state index in [1.807, 2.05) is 6.92 Å². The lowest BCUT2D eigenvalue weighted by Gasteiger charge is -2.24. The van der Waals surface area contributed by atoms with Gasteiger partial charge in [0, 0.05) is 18.8 Å². The van der Waals surface area contributed by atoms with Gasteiger partial charge in [0.25, 0.3) is 5.91 Å². The average Bonchev–Trinajstić information content (AvgIpc) is 2.37. The number of amides is 1. The fraction of sp³-hybridized carbons (Fsp3) is 0.538. The Balaban J connectivity index is 2.04. The van der Waals surface area contributed by atoms with Crippen LogP contribution in [0.2, 0.25) is 0 Å². The van der Waals surface area contributed by atoms with Crippen LogP contribution in [-0.4, -0.2) is 30.0 Å². The third-order valence-corrected chi connectivity index (χ3v) is 3.33. The van der Waals surface area contributed by atoms with E-state index in [-0.39, 0.29) is 0 Å². The average molecular weight is 248 g/mol. The van der Waals surface area contributed by atoms with E-state index < -0.39 is 5.91 Å². The van der Waals surface area contributed by atoms with E-state index in [1.54, 1.807) is 12.3 Å². The highest BCUT2D eigenvalue weighted by Crippen LogP contribution is 2.16. The zero-order valence-electron chi connectivity index (χ0n) is 10.7. The largest absolute Gasteiger partial charge is 0.368 e. The molecule has 98 valence electrons. The molecule has 0 saturated carbocycles. The number of nitrogens with one attached hydrogen (secondary N) is 2. The number of pyridine rings is 1. The molecule has 4 N–H and O–H groups in total. The highest BCUT2D eigenvalue weighted by atomic mass is 16.1. The van der Waals surface area contributed by atoms with Gasteiger partial charge in [-0.05, 0) is 37.9 Å². The van der Waals surface area contributed by atoms with Gasteiger partial charge in [0.2, 0.25) is 0 Å². The van der Waals surface area contributed by atoms with Crippen molar-refractivity contribution in [2.75, 3.05) is 18.4 Å². The minimum absolute atomic E-state index is 0.431. The van der Waals surface area contributed by atoms with Gasteiger partial charge in [0.05, 0.1) is 5.56 Å². The third kappa shape index (κ3) is 2.98. The van der Waals surface area contributed by atoms with Crippen LogP contribution in [0, 0.1) is 6.92 Å². The standard InChI is InChI=1S/C13H20N4O/c1-9-5-7-16-13(11(9)12(14)18)17-8-10-4-2-3-6-15-10/h5,7,10,15H,2-4,6,8H2,1H3,(H2,14,18)(H,16,17). The number of anilines is 1. The van der Waals surface area contributed by atoms with E-state index >= 15 is 0 Å². The molecule has 1 amide bonds. The summed E-state index contributed by atoms with van der Waals surface area (Å²) in [6.07, 6.45) is 5.35. The molecule has 1 unspecified atom stereocenters. The molecule has 5 heteroatoms. The Morgan fingerprint density at radius 3 is 3.11 bits per heavy atom. The lowest BCUT2D eigenvalue weighted by Crippen LogP contribution is -2.39. The van der Waals surface area contributed by atoms with Crippen LogP contribution in [0.25, 0.3) is 0 Å². The van der Waals surface area contributed by atoms with Crippen molar-refractivity contribution in [1.82, 2.24) is 10.3 Å². The number of hydrogen-bond acceptors (Lipinski definition) is 4. The first-order valence-electron chi connectivity index (χ1n) is 6.41. The van der Waals surface area contributed by atoms with Crippen molar-refractivity contribution in [3.63, 3.8) is 0 Å². The zero-order valence-corrected chi connectivity index (χ0v) is 10.7. The fourth-order valence-electron chi connectivity index (χ4n) is 2.32. The van der Waals surface area contributed by atoms with Crippen molar-refractivity contribution in [1.29, 1.82) is 0 Å². The molecule has 0 aliphatic carbocycles. The van der Waals surface area contributed by atoms with Crippen molar-refractivity contribution < 1.29 is 4.79 Å². The number of carbonyl (C=O) groups excluding carboxylic acids is 1. The molecule has 18 heavy (non-hydrogen) atoms. The quantitative estimate of drug-likeness (QED) is 0.744. The summed E-state index contributed by atoms with van der Waals surface area (Å²) in [7, 11) is 0. The topological polar surface area (TPSA) is 80.0 Å². The van der Waals surface area contributed by atoms with Crippen molar-refractivity contribution in [3.05, 3.63) is 23.4 Å². The maximum absolute atomic E-state index is 11.4. The Morgan fingerprint density at radius 1 is 1.61 bits per heavy atom. The van der Waals surface area contributed by atoms with Crippen molar-refractivity contribution >= 4 is 11.7 Å². The molecule has 2 rings (SSSR count). The lowest BCUT2D eigenvalue weighted by molar-refractivity contribution is 0.1000. The summed E-state index contributed by atoms with van der Waals surface area (Å²) < 4.78 is 0. The predicted octanol–water partition coefficient (Wildman–Crippen LogP) is 1.04. The van der Waals surface area contributed by atoms with Crippen LogP contribution in [0.1, 0.15) is 35.2 Å². The van der Waals surface area contributed by atoms with Gasteiger partial charge in [-0.2, -0.15) is 0 Å². The summed E-state index contributed by atoms with van der Waals surface area (Å²) >= 11 is 0. The Bertz CT molecular complexity index is 427. The van der Waals surface area contributed by atoms with Gasteiger partial charge in [-0.15, -0.1) is 0 Å². The van der Waals surface area contributed by atoms with E-state index in [0.29, 0.717) is 17.4 Å². The Morgan fingerprint density at radius 2 is 2.44 bits per heavy atom. The first-order chi connectivity index (χ1) is 8.68. The molecular formula is C13H20N4O. The second-order valence-electron chi connectivity index (χ2n) is 4.74. The molecule has 2 heterocycles. The van der Waals surface area contributed by atoms with E-state index in [1.165, 1.54) is 12.8 Å². The molecule has 0 bridgehead atoms. The number of aromatic nitrogens is 1. The van der Waals surface area contributed by atoms with Crippen LogP contribution in [-0.2, 0) is 0 Å². The summed E-state index contributed by atoms with van der Waals surface area (Å²) in [4.78, 5) is 15.6. The van der Waals surface area contributed by atoms with E-state index in [9.17, 15) is 4.79 Å². The summed E-state index contributed by atoms with van der Waals surface area (Å²) in [5.41, 5.74) is 6.74. The predicted molar refractivity (Wildman–Crippen MR) is 71.6 cm³/mol. The third-order valence-electron chi connectivity index (χ3n) is 3.33. The monoisotopic (exact) mass is 248 g/mol. The number of nitrogens with two attached hydrogens (primary N) is 1. The summed E-state index contributed by atoms with van der Waals surface area (Å²) in [5.74, 6) is 0.162. The summed E-state index contributed by atoms with van der Waals surface area (Å²) in [5, 5.41) is 6.68. The molecule has 0 spiro atoms. The SMILES string of the molecule is Cc1ccnc(NCC2CCCCN2)c1C(N)=O. The van der Waals surface area contributed by atoms with Gasteiger partial charge in [0.1, 0.15) is 5.82 Å². The molecule has 1 aromatic rings. The second-order valence-corrected chi connectivity index (χ2v) is 4.74. The number of rotatable bonds is 4. The minimum Gasteiger partial charge on any atom is -0.368 e. The number of carbonyl (C=O) groups is 1. The number of hydrogen-bond donors (Lipinski definition) is 3. The molecule has 0 aromatic carbocycles. The molecule has 1 aliphatic heterocycles. The summed E-state index contributed by atoms with van der Waals surface area (Å²) in [6, 6.07) is 2.24. The van der Waals surface area contributed by atoms with Crippen molar-refractivity contribution in [2.45, 2.75) is 32.2 Å². The lowest BCUT2D eigenvalue weighted by atomic mass is 10.0. The van der Waals surface area contributed by atoms with Crippen molar-refractivity contribution in [2.24, 2.45) is 5.73 Å². The van der Waals surface area contributed by atoms with Gasteiger partial charge in [-0.25, -0.2) is 4.98 Å². The number of primary amides is 1. The molecular weight excluding hydrogens is 228 g/mol. The Kier molecular flexibility index (Phi) is 4.15. The number of nitrogens with zero attached hydrogens (tertiary/aromatic N) is 1. The molecule has 1 atom stereocenters. The van der Waals surface area contributed by atoms with Crippen molar-refractivity contribution in [3.8, 4) is 0 Å². The number of piperidine rings is 1. The normalized spacial score (nSPS) is 19.5. The van der Waals surface area contributed by atoms with Gasteiger partial charge >= 0.3 is 0 Å². The molecule has 1 saturated heterocycles. The molecule has 1 aliphatic rings.